The molecule has 1 aliphatic heterocycles. The van der Waals surface area contributed by atoms with Gasteiger partial charge in [0.25, 0.3) is 5.91 Å². The van der Waals surface area contributed by atoms with Gasteiger partial charge in [0.1, 0.15) is 0 Å². The number of amides is 2. The second-order valence-corrected chi connectivity index (χ2v) is 5.18. The first-order valence-electron chi connectivity index (χ1n) is 6.58. The summed E-state index contributed by atoms with van der Waals surface area (Å²) < 4.78 is 0. The van der Waals surface area contributed by atoms with E-state index < -0.39 is 0 Å². The molecular weight excluding hydrogens is 244 g/mol. The molecule has 0 aliphatic carbocycles. The number of carbonyl (C=O) groups is 2. The predicted molar refractivity (Wildman–Crippen MR) is 70.6 cm³/mol. The summed E-state index contributed by atoms with van der Waals surface area (Å²) in [6.45, 7) is 8.02. The number of hydrogen-bond donors (Lipinski definition) is 1. The molecule has 0 unspecified atom stereocenters. The van der Waals surface area contributed by atoms with Gasteiger partial charge in [-0.1, -0.05) is 13.8 Å². The zero-order chi connectivity index (χ0) is 14.0. The van der Waals surface area contributed by atoms with Crippen LogP contribution < -0.4 is 0 Å². The van der Waals surface area contributed by atoms with Gasteiger partial charge in [-0.2, -0.15) is 5.10 Å². The van der Waals surface area contributed by atoms with Crippen LogP contribution in [0.5, 0.6) is 0 Å². The zero-order valence-corrected chi connectivity index (χ0v) is 11.6. The molecular formula is C13H20N4O2. The first-order chi connectivity index (χ1) is 9.00. The quantitative estimate of drug-likeness (QED) is 0.853. The van der Waals surface area contributed by atoms with Gasteiger partial charge in [-0.15, -0.1) is 0 Å². The number of piperazine rings is 1. The molecule has 1 aliphatic rings. The lowest BCUT2D eigenvalue weighted by atomic mass is 10.1. The summed E-state index contributed by atoms with van der Waals surface area (Å²) in [5.74, 6) is 0.160. The predicted octanol–water partition coefficient (Wildman–Crippen LogP) is 0.659. The lowest BCUT2D eigenvalue weighted by molar-refractivity contribution is -0.135. The number of hydrogen-bond acceptors (Lipinski definition) is 3. The van der Waals surface area contributed by atoms with Crippen molar-refractivity contribution >= 4 is 11.8 Å². The van der Waals surface area contributed by atoms with E-state index in [1.807, 2.05) is 25.7 Å². The number of rotatable bonds is 2. The highest BCUT2D eigenvalue weighted by molar-refractivity contribution is 5.95. The van der Waals surface area contributed by atoms with Crippen LogP contribution in [0.3, 0.4) is 0 Å². The van der Waals surface area contributed by atoms with Crippen LogP contribution in [0.4, 0.5) is 0 Å². The van der Waals surface area contributed by atoms with Gasteiger partial charge in [-0.3, -0.25) is 14.7 Å². The highest BCUT2D eigenvalue weighted by Gasteiger charge is 2.26. The molecule has 1 saturated heterocycles. The number of nitrogens with zero attached hydrogens (tertiary/aromatic N) is 3. The molecule has 1 aromatic rings. The van der Waals surface area contributed by atoms with Crippen LogP contribution in [0.1, 0.15) is 29.9 Å². The smallest absolute Gasteiger partial charge is 0.257 e. The third kappa shape index (κ3) is 2.77. The second kappa shape index (κ2) is 5.42. The lowest BCUT2D eigenvalue weighted by Crippen LogP contribution is -2.51. The normalized spacial score (nSPS) is 16.0. The van der Waals surface area contributed by atoms with Gasteiger partial charge in [0.05, 0.1) is 11.8 Å². The SMILES string of the molecule is Cc1[nH]ncc1C(=O)N1CCN(C(=O)C(C)C)CC1. The highest BCUT2D eigenvalue weighted by Crippen LogP contribution is 2.12. The van der Waals surface area contributed by atoms with E-state index in [2.05, 4.69) is 10.2 Å². The van der Waals surface area contributed by atoms with Crippen LogP contribution in [-0.4, -0.2) is 58.0 Å². The summed E-state index contributed by atoms with van der Waals surface area (Å²) in [5, 5.41) is 6.64. The Balaban J connectivity index is 1.95. The fourth-order valence-electron chi connectivity index (χ4n) is 2.23. The molecule has 1 aromatic heterocycles. The maximum atomic E-state index is 12.3. The molecule has 1 N–H and O–H groups in total. The Morgan fingerprint density at radius 2 is 1.79 bits per heavy atom. The van der Waals surface area contributed by atoms with Crippen molar-refractivity contribution in [2.24, 2.45) is 5.92 Å². The van der Waals surface area contributed by atoms with Crippen molar-refractivity contribution in [3.63, 3.8) is 0 Å². The van der Waals surface area contributed by atoms with E-state index in [4.69, 9.17) is 0 Å². The van der Waals surface area contributed by atoms with E-state index in [-0.39, 0.29) is 17.7 Å². The van der Waals surface area contributed by atoms with Gasteiger partial charge in [-0.05, 0) is 6.92 Å². The topological polar surface area (TPSA) is 69.3 Å². The van der Waals surface area contributed by atoms with Crippen LogP contribution in [-0.2, 0) is 4.79 Å². The van der Waals surface area contributed by atoms with Crippen molar-refractivity contribution in [1.29, 1.82) is 0 Å². The van der Waals surface area contributed by atoms with E-state index in [0.717, 1.165) is 5.69 Å². The molecule has 104 valence electrons. The summed E-state index contributed by atoms with van der Waals surface area (Å²) in [4.78, 5) is 27.7. The Labute approximate surface area is 112 Å². The molecule has 0 aromatic carbocycles. The number of aryl methyl sites for hydroxylation is 1. The summed E-state index contributed by atoms with van der Waals surface area (Å²) in [6, 6.07) is 0. The number of carbonyl (C=O) groups excluding carboxylic acids is 2. The van der Waals surface area contributed by atoms with Crippen LogP contribution in [0, 0.1) is 12.8 Å². The van der Waals surface area contributed by atoms with Crippen LogP contribution in [0.2, 0.25) is 0 Å². The van der Waals surface area contributed by atoms with Gasteiger partial charge in [0.15, 0.2) is 0 Å². The van der Waals surface area contributed by atoms with E-state index in [9.17, 15) is 9.59 Å². The molecule has 0 radical (unpaired) electrons. The van der Waals surface area contributed by atoms with E-state index in [1.54, 1.807) is 11.1 Å². The van der Waals surface area contributed by atoms with Crippen LogP contribution in [0.15, 0.2) is 6.20 Å². The van der Waals surface area contributed by atoms with Gasteiger partial charge < -0.3 is 9.80 Å². The molecule has 0 saturated carbocycles. The fraction of sp³-hybridized carbons (Fsp3) is 0.615. The van der Waals surface area contributed by atoms with Crippen molar-refractivity contribution in [1.82, 2.24) is 20.0 Å². The zero-order valence-electron chi connectivity index (χ0n) is 11.6. The first kappa shape index (κ1) is 13.6. The molecule has 0 bridgehead atoms. The van der Waals surface area contributed by atoms with Gasteiger partial charge in [0, 0.05) is 37.8 Å². The molecule has 2 rings (SSSR count). The third-order valence-electron chi connectivity index (χ3n) is 3.43. The molecule has 6 heteroatoms. The molecule has 19 heavy (non-hydrogen) atoms. The number of aromatic amines is 1. The maximum absolute atomic E-state index is 12.3. The summed E-state index contributed by atoms with van der Waals surface area (Å²) in [6.07, 6.45) is 1.56. The summed E-state index contributed by atoms with van der Waals surface area (Å²) in [7, 11) is 0. The van der Waals surface area contributed by atoms with Crippen molar-refractivity contribution < 1.29 is 9.59 Å². The fourth-order valence-corrected chi connectivity index (χ4v) is 2.23. The molecule has 2 heterocycles. The van der Waals surface area contributed by atoms with Gasteiger partial charge in [0.2, 0.25) is 5.91 Å². The van der Waals surface area contributed by atoms with Gasteiger partial charge in [-0.25, -0.2) is 0 Å². The van der Waals surface area contributed by atoms with Crippen LogP contribution >= 0.6 is 0 Å². The Kier molecular flexibility index (Phi) is 3.87. The molecule has 2 amide bonds. The molecule has 6 nitrogen and oxygen atoms in total. The first-order valence-corrected chi connectivity index (χ1v) is 6.58. The Bertz CT molecular complexity index is 473. The van der Waals surface area contributed by atoms with Crippen molar-refractivity contribution in [3.8, 4) is 0 Å². The van der Waals surface area contributed by atoms with Crippen LogP contribution in [0.25, 0.3) is 0 Å². The molecule has 0 spiro atoms. The minimum absolute atomic E-state index is 0.0112. The standard InChI is InChI=1S/C13H20N4O2/c1-9(2)12(18)16-4-6-17(7-5-16)13(19)11-8-14-15-10(11)3/h8-9H,4-7H2,1-3H3,(H,14,15). The number of aromatic nitrogens is 2. The van der Waals surface area contributed by atoms with Crippen molar-refractivity contribution in [2.75, 3.05) is 26.2 Å². The monoisotopic (exact) mass is 264 g/mol. The molecule has 1 fully saturated rings. The van der Waals surface area contributed by atoms with Crippen molar-refractivity contribution in [3.05, 3.63) is 17.5 Å². The lowest BCUT2D eigenvalue weighted by Gasteiger charge is -2.35. The Hall–Kier alpha value is -1.85. The minimum atomic E-state index is -0.0112. The van der Waals surface area contributed by atoms with E-state index >= 15 is 0 Å². The summed E-state index contributed by atoms with van der Waals surface area (Å²) in [5.41, 5.74) is 1.40. The van der Waals surface area contributed by atoms with Crippen molar-refractivity contribution in [2.45, 2.75) is 20.8 Å². The van der Waals surface area contributed by atoms with E-state index in [1.165, 1.54) is 0 Å². The summed E-state index contributed by atoms with van der Waals surface area (Å²) >= 11 is 0. The number of H-pyrrole nitrogens is 1. The average Bonchev–Trinajstić information content (AvgIpc) is 2.83. The van der Waals surface area contributed by atoms with E-state index in [0.29, 0.717) is 31.7 Å². The largest absolute Gasteiger partial charge is 0.339 e. The maximum Gasteiger partial charge on any atom is 0.257 e. The number of nitrogens with one attached hydrogen (secondary N) is 1. The Morgan fingerprint density at radius 3 is 2.26 bits per heavy atom. The highest BCUT2D eigenvalue weighted by atomic mass is 16.2. The minimum Gasteiger partial charge on any atom is -0.339 e. The van der Waals surface area contributed by atoms with Gasteiger partial charge >= 0.3 is 0 Å². The second-order valence-electron chi connectivity index (χ2n) is 5.18. The average molecular weight is 264 g/mol. The molecule has 0 atom stereocenters. The Morgan fingerprint density at radius 1 is 1.21 bits per heavy atom. The third-order valence-corrected chi connectivity index (χ3v) is 3.43.